The number of aromatic amines is 1. The van der Waals surface area contributed by atoms with Gasteiger partial charge in [-0.05, 0) is 56.9 Å². The fourth-order valence-corrected chi connectivity index (χ4v) is 3.67. The molecule has 0 saturated carbocycles. The highest BCUT2D eigenvalue weighted by atomic mass is 32.1. The molecule has 4 nitrogen and oxygen atoms in total. The van der Waals surface area contributed by atoms with E-state index in [0.29, 0.717) is 0 Å². The van der Waals surface area contributed by atoms with Crippen molar-refractivity contribution < 1.29 is 0 Å². The number of hydrogen-bond donors (Lipinski definition) is 2. The Labute approximate surface area is 130 Å². The van der Waals surface area contributed by atoms with Crippen LogP contribution in [0.1, 0.15) is 31.2 Å². The monoisotopic (exact) mass is 304 g/mol. The summed E-state index contributed by atoms with van der Waals surface area (Å²) in [4.78, 5) is 3.86. The average Bonchev–Trinajstić information content (AvgIpc) is 3.19. The number of likely N-dealkylation sites (tertiary alicyclic amines) is 1. The Morgan fingerprint density at radius 1 is 1.29 bits per heavy atom. The van der Waals surface area contributed by atoms with Gasteiger partial charge in [0.15, 0.2) is 0 Å². The van der Waals surface area contributed by atoms with E-state index in [2.05, 4.69) is 37.9 Å². The Bertz CT molecular complexity index is 514. The largest absolute Gasteiger partial charge is 0.312 e. The van der Waals surface area contributed by atoms with Crippen LogP contribution in [0, 0.1) is 0 Å². The van der Waals surface area contributed by atoms with Gasteiger partial charge in [0.05, 0.1) is 16.8 Å². The van der Waals surface area contributed by atoms with Crippen LogP contribution < -0.4 is 5.32 Å². The van der Waals surface area contributed by atoms with Gasteiger partial charge in [0.1, 0.15) is 0 Å². The summed E-state index contributed by atoms with van der Waals surface area (Å²) in [5.74, 6) is 0. The van der Waals surface area contributed by atoms with Crippen molar-refractivity contribution in [1.29, 1.82) is 0 Å². The molecule has 1 fully saturated rings. The van der Waals surface area contributed by atoms with Gasteiger partial charge >= 0.3 is 0 Å². The zero-order valence-corrected chi connectivity index (χ0v) is 13.3. The molecule has 0 aliphatic carbocycles. The first kappa shape index (κ1) is 14.8. The molecule has 3 rings (SSSR count). The highest BCUT2D eigenvalue weighted by molar-refractivity contribution is 7.13. The number of thiophene rings is 1. The average molecular weight is 304 g/mol. The summed E-state index contributed by atoms with van der Waals surface area (Å²) in [7, 11) is 0. The summed E-state index contributed by atoms with van der Waals surface area (Å²) in [6, 6.07) is 4.22. The molecule has 5 heteroatoms. The number of nitrogens with one attached hydrogen (secondary N) is 2. The first-order valence-electron chi connectivity index (χ1n) is 7.92. The second-order valence-electron chi connectivity index (χ2n) is 5.68. The molecule has 0 radical (unpaired) electrons. The van der Waals surface area contributed by atoms with Gasteiger partial charge in [0.25, 0.3) is 0 Å². The van der Waals surface area contributed by atoms with Crippen LogP contribution in [0.3, 0.4) is 0 Å². The van der Waals surface area contributed by atoms with Crippen molar-refractivity contribution in [2.24, 2.45) is 0 Å². The first-order valence-corrected chi connectivity index (χ1v) is 8.80. The van der Waals surface area contributed by atoms with Gasteiger partial charge in [-0.2, -0.15) is 5.10 Å². The zero-order valence-electron chi connectivity index (χ0n) is 12.5. The number of nitrogens with zero attached hydrogens (tertiary/aromatic N) is 2. The lowest BCUT2D eigenvalue weighted by Gasteiger charge is -2.26. The lowest BCUT2D eigenvalue weighted by atomic mass is 10.1. The topological polar surface area (TPSA) is 44.0 Å². The molecule has 0 bridgehead atoms. The van der Waals surface area contributed by atoms with E-state index < -0.39 is 0 Å². The maximum absolute atomic E-state index is 4.18. The molecule has 2 N–H and O–H groups in total. The normalized spacial score (nSPS) is 16.4. The second-order valence-corrected chi connectivity index (χ2v) is 6.63. The van der Waals surface area contributed by atoms with Crippen LogP contribution in [-0.4, -0.2) is 41.3 Å². The number of hydrogen-bond acceptors (Lipinski definition) is 4. The molecule has 1 saturated heterocycles. The molecule has 0 amide bonds. The Morgan fingerprint density at radius 2 is 2.19 bits per heavy atom. The SMILES string of the molecule is c1csc(-c2[nH]ncc2CNCCCN2CCCCC2)c1. The van der Waals surface area contributed by atoms with Crippen LogP contribution in [0.5, 0.6) is 0 Å². The minimum Gasteiger partial charge on any atom is -0.312 e. The molecule has 1 aliphatic heterocycles. The summed E-state index contributed by atoms with van der Waals surface area (Å²) < 4.78 is 0. The quantitative estimate of drug-likeness (QED) is 0.773. The van der Waals surface area contributed by atoms with E-state index in [4.69, 9.17) is 0 Å². The van der Waals surface area contributed by atoms with Gasteiger partial charge in [0.2, 0.25) is 0 Å². The summed E-state index contributed by atoms with van der Waals surface area (Å²) in [6.07, 6.45) is 7.35. The Balaban J connectivity index is 1.39. The Hall–Kier alpha value is -1.17. The summed E-state index contributed by atoms with van der Waals surface area (Å²) in [5, 5.41) is 12.9. The maximum Gasteiger partial charge on any atom is 0.0794 e. The van der Waals surface area contributed by atoms with E-state index >= 15 is 0 Å². The molecule has 2 aromatic rings. The fraction of sp³-hybridized carbons (Fsp3) is 0.562. The minimum atomic E-state index is 0.893. The molecule has 3 heterocycles. The smallest absolute Gasteiger partial charge is 0.0794 e. The zero-order chi connectivity index (χ0) is 14.3. The summed E-state index contributed by atoms with van der Waals surface area (Å²) >= 11 is 1.75. The molecule has 114 valence electrons. The molecule has 0 spiro atoms. The van der Waals surface area contributed by atoms with Crippen molar-refractivity contribution in [3.05, 3.63) is 29.3 Å². The van der Waals surface area contributed by atoms with Crippen molar-refractivity contribution in [3.8, 4) is 10.6 Å². The van der Waals surface area contributed by atoms with Gasteiger partial charge < -0.3 is 10.2 Å². The standard InChI is InChI=1S/C16H24N4S/c1-2-8-20(9-3-1)10-5-7-17-12-14-13-18-19-16(14)15-6-4-11-21-15/h4,6,11,13,17H,1-3,5,7-10,12H2,(H,18,19). The Morgan fingerprint density at radius 3 is 3.00 bits per heavy atom. The van der Waals surface area contributed by atoms with Crippen molar-refractivity contribution in [2.45, 2.75) is 32.2 Å². The van der Waals surface area contributed by atoms with Crippen molar-refractivity contribution in [3.63, 3.8) is 0 Å². The summed E-state index contributed by atoms with van der Waals surface area (Å²) in [6.45, 7) is 5.79. The van der Waals surface area contributed by atoms with Crippen LogP contribution in [0.2, 0.25) is 0 Å². The van der Waals surface area contributed by atoms with E-state index in [1.807, 2.05) is 6.20 Å². The lowest BCUT2D eigenvalue weighted by Crippen LogP contribution is -2.32. The van der Waals surface area contributed by atoms with Gasteiger partial charge in [-0.1, -0.05) is 12.5 Å². The molecule has 0 unspecified atom stereocenters. The number of rotatable bonds is 7. The third kappa shape index (κ3) is 4.15. The van der Waals surface area contributed by atoms with E-state index in [9.17, 15) is 0 Å². The fourth-order valence-electron chi connectivity index (χ4n) is 2.91. The molecule has 0 aromatic carbocycles. The van der Waals surface area contributed by atoms with Crippen molar-refractivity contribution >= 4 is 11.3 Å². The Kier molecular flexibility index (Phi) is 5.43. The van der Waals surface area contributed by atoms with E-state index in [1.54, 1.807) is 11.3 Å². The van der Waals surface area contributed by atoms with Gasteiger partial charge in [-0.25, -0.2) is 0 Å². The van der Waals surface area contributed by atoms with Crippen molar-refractivity contribution in [2.75, 3.05) is 26.2 Å². The van der Waals surface area contributed by atoms with Crippen LogP contribution >= 0.6 is 11.3 Å². The van der Waals surface area contributed by atoms with Gasteiger partial charge in [0, 0.05) is 12.1 Å². The molecule has 2 aromatic heterocycles. The molecule has 0 atom stereocenters. The number of piperidine rings is 1. The highest BCUT2D eigenvalue weighted by Crippen LogP contribution is 2.25. The van der Waals surface area contributed by atoms with Crippen LogP contribution in [0.25, 0.3) is 10.6 Å². The molecule has 1 aliphatic rings. The number of aromatic nitrogens is 2. The molecular weight excluding hydrogens is 280 g/mol. The first-order chi connectivity index (χ1) is 10.4. The van der Waals surface area contributed by atoms with E-state index in [1.165, 1.54) is 55.8 Å². The van der Waals surface area contributed by atoms with Crippen LogP contribution in [0.4, 0.5) is 0 Å². The third-order valence-corrected chi connectivity index (χ3v) is 4.96. The van der Waals surface area contributed by atoms with Crippen molar-refractivity contribution in [1.82, 2.24) is 20.4 Å². The molecule has 21 heavy (non-hydrogen) atoms. The predicted octanol–water partition coefficient (Wildman–Crippen LogP) is 3.10. The lowest BCUT2D eigenvalue weighted by molar-refractivity contribution is 0.225. The number of H-pyrrole nitrogens is 1. The van der Waals surface area contributed by atoms with Crippen LogP contribution in [-0.2, 0) is 6.54 Å². The van der Waals surface area contributed by atoms with E-state index in [-0.39, 0.29) is 0 Å². The van der Waals surface area contributed by atoms with Crippen LogP contribution in [0.15, 0.2) is 23.7 Å². The minimum absolute atomic E-state index is 0.893. The maximum atomic E-state index is 4.18. The second kappa shape index (κ2) is 7.73. The van der Waals surface area contributed by atoms with E-state index in [0.717, 1.165) is 18.8 Å². The van der Waals surface area contributed by atoms with Gasteiger partial charge in [-0.3, -0.25) is 5.10 Å². The third-order valence-electron chi connectivity index (χ3n) is 4.08. The molecular formula is C16H24N4S. The highest BCUT2D eigenvalue weighted by Gasteiger charge is 2.10. The predicted molar refractivity (Wildman–Crippen MR) is 88.5 cm³/mol. The van der Waals surface area contributed by atoms with Gasteiger partial charge in [-0.15, -0.1) is 11.3 Å². The summed E-state index contributed by atoms with van der Waals surface area (Å²) in [5.41, 5.74) is 2.42.